The van der Waals surface area contributed by atoms with Gasteiger partial charge in [-0.15, -0.1) is 11.3 Å². The second kappa shape index (κ2) is 11.4. The van der Waals surface area contributed by atoms with Gasteiger partial charge in [-0.1, -0.05) is 64.7 Å². The van der Waals surface area contributed by atoms with Gasteiger partial charge in [0.15, 0.2) is 5.78 Å². The molecule has 0 bridgehead atoms. The Morgan fingerprint density at radius 1 is 1.00 bits per heavy atom. The molecule has 0 atom stereocenters. The lowest BCUT2D eigenvalue weighted by Crippen LogP contribution is -1.95. The Kier molecular flexibility index (Phi) is 10.3. The molecular formula is C18H29BrOS. The van der Waals surface area contributed by atoms with E-state index in [0.29, 0.717) is 12.2 Å². The molecule has 0 fully saturated rings. The van der Waals surface area contributed by atoms with Gasteiger partial charge >= 0.3 is 0 Å². The van der Waals surface area contributed by atoms with Crippen molar-refractivity contribution in [1.29, 1.82) is 0 Å². The van der Waals surface area contributed by atoms with E-state index in [4.69, 9.17) is 0 Å². The summed E-state index contributed by atoms with van der Waals surface area (Å²) in [6, 6.07) is 2.01. The molecule has 0 N–H and O–H groups in total. The number of ketones is 1. The van der Waals surface area contributed by atoms with Crippen LogP contribution in [-0.4, -0.2) is 5.78 Å². The highest BCUT2D eigenvalue weighted by Crippen LogP contribution is 2.28. The van der Waals surface area contributed by atoms with E-state index in [1.54, 1.807) is 11.3 Å². The van der Waals surface area contributed by atoms with Gasteiger partial charge in [0.05, 0.1) is 8.66 Å². The molecule has 0 unspecified atom stereocenters. The van der Waals surface area contributed by atoms with Crippen LogP contribution in [0.1, 0.15) is 92.8 Å². The van der Waals surface area contributed by atoms with Gasteiger partial charge in [0, 0.05) is 6.42 Å². The van der Waals surface area contributed by atoms with Gasteiger partial charge in [-0.3, -0.25) is 4.79 Å². The van der Waals surface area contributed by atoms with E-state index in [-0.39, 0.29) is 0 Å². The first-order valence-electron chi connectivity index (χ1n) is 8.44. The third-order valence-corrected chi connectivity index (χ3v) is 6.07. The van der Waals surface area contributed by atoms with E-state index in [0.717, 1.165) is 15.1 Å². The van der Waals surface area contributed by atoms with Crippen LogP contribution >= 0.6 is 27.3 Å². The third kappa shape index (κ3) is 8.15. The highest BCUT2D eigenvalue weighted by atomic mass is 79.9. The van der Waals surface area contributed by atoms with Gasteiger partial charge in [-0.25, -0.2) is 0 Å². The molecule has 0 amide bonds. The Bertz CT molecular complexity index is 392. The number of hydrogen-bond donors (Lipinski definition) is 0. The third-order valence-electron chi connectivity index (χ3n) is 3.89. The lowest BCUT2D eigenvalue weighted by molar-refractivity contribution is 0.0983. The first-order valence-corrected chi connectivity index (χ1v) is 10.0. The molecule has 0 saturated heterocycles. The van der Waals surface area contributed by atoms with Crippen LogP contribution in [0.4, 0.5) is 0 Å². The predicted molar refractivity (Wildman–Crippen MR) is 97.5 cm³/mol. The highest BCUT2D eigenvalue weighted by molar-refractivity contribution is 9.11. The summed E-state index contributed by atoms with van der Waals surface area (Å²) < 4.78 is 1.09. The summed E-state index contributed by atoms with van der Waals surface area (Å²) in [7, 11) is 0. The van der Waals surface area contributed by atoms with Crippen LogP contribution in [0, 0.1) is 6.92 Å². The molecule has 1 aromatic heterocycles. The van der Waals surface area contributed by atoms with E-state index < -0.39 is 0 Å². The van der Waals surface area contributed by atoms with E-state index in [9.17, 15) is 4.79 Å². The van der Waals surface area contributed by atoms with Gasteiger partial charge in [0.2, 0.25) is 0 Å². The smallest absolute Gasteiger partial charge is 0.172 e. The minimum Gasteiger partial charge on any atom is -0.293 e. The number of unbranched alkanes of at least 4 members (excludes halogenated alkanes) is 9. The predicted octanol–water partition coefficient (Wildman–Crippen LogP) is 7.31. The maximum atomic E-state index is 12.0. The van der Waals surface area contributed by atoms with Crippen LogP contribution in [0.3, 0.4) is 0 Å². The summed E-state index contributed by atoms with van der Waals surface area (Å²) in [5.74, 6) is 0.313. The summed E-state index contributed by atoms with van der Waals surface area (Å²) in [6.45, 7) is 4.30. The zero-order chi connectivity index (χ0) is 15.5. The van der Waals surface area contributed by atoms with Crippen LogP contribution in [0.5, 0.6) is 0 Å². The molecule has 3 heteroatoms. The van der Waals surface area contributed by atoms with E-state index in [1.807, 2.05) is 13.0 Å². The molecule has 1 nitrogen and oxygen atoms in total. The van der Waals surface area contributed by atoms with Gasteiger partial charge in [-0.2, -0.15) is 0 Å². The maximum absolute atomic E-state index is 12.0. The molecule has 0 radical (unpaired) electrons. The number of carbonyl (C=O) groups is 1. The van der Waals surface area contributed by atoms with Crippen molar-refractivity contribution in [3.8, 4) is 0 Å². The van der Waals surface area contributed by atoms with Crippen molar-refractivity contribution in [1.82, 2.24) is 0 Å². The quantitative estimate of drug-likeness (QED) is 0.277. The number of aryl methyl sites for hydroxylation is 1. The first-order chi connectivity index (χ1) is 10.1. The molecule has 0 saturated carbocycles. The molecule has 0 aliphatic heterocycles. The minimum atomic E-state index is 0.313. The Morgan fingerprint density at radius 2 is 1.52 bits per heavy atom. The number of Topliss-reactive ketones (excluding diaryl/α,β-unsaturated/α-hetero) is 1. The van der Waals surface area contributed by atoms with E-state index >= 15 is 0 Å². The Balaban J connectivity index is 1.98. The van der Waals surface area contributed by atoms with Crippen LogP contribution in [-0.2, 0) is 0 Å². The molecule has 1 aromatic rings. The minimum absolute atomic E-state index is 0.313. The average molecular weight is 373 g/mol. The SMILES string of the molecule is CCCCCCCCCCCCC(=O)c1cc(C)c(Br)s1. The zero-order valence-corrected chi connectivity index (χ0v) is 16.0. The fraction of sp³-hybridized carbons (Fsp3) is 0.722. The van der Waals surface area contributed by atoms with Crippen LogP contribution in [0.15, 0.2) is 9.85 Å². The van der Waals surface area contributed by atoms with Crippen molar-refractivity contribution in [2.75, 3.05) is 0 Å². The number of rotatable bonds is 12. The summed E-state index contributed by atoms with van der Waals surface area (Å²) in [4.78, 5) is 12.9. The Hall–Kier alpha value is -0.150. The molecule has 21 heavy (non-hydrogen) atoms. The summed E-state index contributed by atoms with van der Waals surface area (Å²) in [6.07, 6.45) is 13.9. The molecule has 1 heterocycles. The number of hydrogen-bond acceptors (Lipinski definition) is 2. The average Bonchev–Trinajstić information content (AvgIpc) is 2.80. The Morgan fingerprint density at radius 3 is 2.00 bits per heavy atom. The van der Waals surface area contributed by atoms with Gasteiger partial charge in [-0.05, 0) is 40.9 Å². The maximum Gasteiger partial charge on any atom is 0.172 e. The molecule has 0 aliphatic carbocycles. The van der Waals surface area contributed by atoms with Gasteiger partial charge in [0.25, 0.3) is 0 Å². The zero-order valence-electron chi connectivity index (χ0n) is 13.5. The van der Waals surface area contributed by atoms with Crippen molar-refractivity contribution in [3.63, 3.8) is 0 Å². The lowest BCUT2D eigenvalue weighted by atomic mass is 10.0. The topological polar surface area (TPSA) is 17.1 Å². The van der Waals surface area contributed by atoms with Gasteiger partial charge < -0.3 is 0 Å². The number of halogens is 1. The first kappa shape index (κ1) is 18.9. The normalized spacial score (nSPS) is 11.0. The van der Waals surface area contributed by atoms with Crippen molar-refractivity contribution in [3.05, 3.63) is 20.3 Å². The standard InChI is InChI=1S/C18H29BrOS/c1-3-4-5-6-7-8-9-10-11-12-13-16(20)17-14-15(2)18(19)21-17/h14H,3-13H2,1-2H3. The lowest BCUT2D eigenvalue weighted by Gasteiger charge is -2.02. The second-order valence-electron chi connectivity index (χ2n) is 5.92. The van der Waals surface area contributed by atoms with Crippen molar-refractivity contribution < 1.29 is 4.79 Å². The summed E-state index contributed by atoms with van der Waals surface area (Å²) in [5, 5.41) is 0. The fourth-order valence-electron chi connectivity index (χ4n) is 2.49. The van der Waals surface area contributed by atoms with Gasteiger partial charge in [0.1, 0.15) is 0 Å². The van der Waals surface area contributed by atoms with E-state index in [1.165, 1.54) is 63.4 Å². The second-order valence-corrected chi connectivity index (χ2v) is 8.29. The Labute approximate surface area is 142 Å². The molecule has 1 rings (SSSR count). The van der Waals surface area contributed by atoms with Crippen molar-refractivity contribution in [2.45, 2.75) is 84.5 Å². The van der Waals surface area contributed by atoms with E-state index in [2.05, 4.69) is 22.9 Å². The van der Waals surface area contributed by atoms with Crippen LogP contribution in [0.25, 0.3) is 0 Å². The molecular weight excluding hydrogens is 344 g/mol. The largest absolute Gasteiger partial charge is 0.293 e. The summed E-state index contributed by atoms with van der Waals surface area (Å²) in [5.41, 5.74) is 1.17. The van der Waals surface area contributed by atoms with Crippen molar-refractivity contribution >= 4 is 33.0 Å². The molecule has 0 aromatic carbocycles. The fourth-order valence-corrected chi connectivity index (χ4v) is 4.00. The monoisotopic (exact) mass is 372 g/mol. The number of carbonyl (C=O) groups excluding carboxylic acids is 1. The van der Waals surface area contributed by atoms with Crippen LogP contribution < -0.4 is 0 Å². The van der Waals surface area contributed by atoms with Crippen molar-refractivity contribution in [2.24, 2.45) is 0 Å². The summed E-state index contributed by atoms with van der Waals surface area (Å²) >= 11 is 5.05. The molecule has 0 aliphatic rings. The molecule has 0 spiro atoms. The molecule has 120 valence electrons. The highest BCUT2D eigenvalue weighted by Gasteiger charge is 2.10. The number of thiophene rings is 1. The van der Waals surface area contributed by atoms with Crippen LogP contribution in [0.2, 0.25) is 0 Å².